The molecule has 0 saturated carbocycles. The molecule has 1 heterocycles. The third-order valence-electron chi connectivity index (χ3n) is 4.04. The maximum absolute atomic E-state index is 3.70. The topological polar surface area (TPSA) is 15.3 Å². The Morgan fingerprint density at radius 2 is 1.89 bits per heavy atom. The van der Waals surface area contributed by atoms with E-state index in [0.29, 0.717) is 11.5 Å². The molecule has 1 rings (SSSR count). The highest BCUT2D eigenvalue weighted by atomic mass is 15.3. The molecule has 0 aromatic rings. The van der Waals surface area contributed by atoms with Gasteiger partial charge in [0, 0.05) is 24.7 Å². The van der Waals surface area contributed by atoms with Crippen LogP contribution in [0, 0.1) is 11.3 Å². The van der Waals surface area contributed by atoms with Crippen LogP contribution >= 0.6 is 0 Å². The van der Waals surface area contributed by atoms with Gasteiger partial charge in [-0.3, -0.25) is 4.90 Å². The van der Waals surface area contributed by atoms with E-state index in [1.807, 2.05) is 0 Å². The summed E-state index contributed by atoms with van der Waals surface area (Å²) in [6.07, 6.45) is 2.68. The first-order valence-electron chi connectivity index (χ1n) is 7.61. The summed E-state index contributed by atoms with van der Waals surface area (Å²) in [4.78, 5) is 2.72. The monoisotopic (exact) mass is 254 g/mol. The maximum Gasteiger partial charge on any atom is 0.0270 e. The molecule has 0 radical (unpaired) electrons. The van der Waals surface area contributed by atoms with Crippen LogP contribution in [0.25, 0.3) is 0 Å². The fraction of sp³-hybridized carbons (Fsp3) is 1.00. The maximum atomic E-state index is 3.70. The van der Waals surface area contributed by atoms with Crippen LogP contribution in [0.3, 0.4) is 0 Å². The number of nitrogens with one attached hydrogen (secondary N) is 1. The summed E-state index contributed by atoms with van der Waals surface area (Å²) in [5, 5.41) is 3.70. The average Bonchev–Trinajstić information content (AvgIpc) is 2.13. The second-order valence-corrected chi connectivity index (χ2v) is 8.15. The molecule has 1 saturated heterocycles. The van der Waals surface area contributed by atoms with Crippen molar-refractivity contribution in [2.45, 2.75) is 72.9 Å². The van der Waals surface area contributed by atoms with Gasteiger partial charge in [0.1, 0.15) is 0 Å². The van der Waals surface area contributed by atoms with E-state index < -0.39 is 0 Å². The van der Waals surface area contributed by atoms with Crippen molar-refractivity contribution in [3.8, 4) is 0 Å². The lowest BCUT2D eigenvalue weighted by Gasteiger charge is -2.49. The molecule has 1 aliphatic heterocycles. The van der Waals surface area contributed by atoms with E-state index >= 15 is 0 Å². The molecule has 108 valence electrons. The highest BCUT2D eigenvalue weighted by molar-refractivity contribution is 4.96. The Morgan fingerprint density at radius 1 is 1.28 bits per heavy atom. The Balaban J connectivity index is 2.60. The summed E-state index contributed by atoms with van der Waals surface area (Å²) in [5.74, 6) is 0.828. The van der Waals surface area contributed by atoms with Gasteiger partial charge in [0.25, 0.3) is 0 Å². The van der Waals surface area contributed by atoms with Crippen LogP contribution in [-0.4, -0.2) is 36.1 Å². The molecular formula is C16H34N2. The lowest BCUT2D eigenvalue weighted by molar-refractivity contribution is 0.0316. The third-order valence-corrected chi connectivity index (χ3v) is 4.04. The first-order chi connectivity index (χ1) is 8.12. The second kappa shape index (κ2) is 5.92. The molecule has 0 aliphatic carbocycles. The van der Waals surface area contributed by atoms with Gasteiger partial charge in [-0.25, -0.2) is 0 Å². The first-order valence-corrected chi connectivity index (χ1v) is 7.61. The quantitative estimate of drug-likeness (QED) is 0.826. The van der Waals surface area contributed by atoms with Gasteiger partial charge in [0.2, 0.25) is 0 Å². The molecule has 1 unspecified atom stereocenters. The van der Waals surface area contributed by atoms with Gasteiger partial charge in [-0.15, -0.1) is 0 Å². The van der Waals surface area contributed by atoms with Gasteiger partial charge in [0.15, 0.2) is 0 Å². The van der Waals surface area contributed by atoms with E-state index in [2.05, 4.69) is 58.7 Å². The van der Waals surface area contributed by atoms with Crippen LogP contribution in [-0.2, 0) is 0 Å². The van der Waals surface area contributed by atoms with E-state index in [1.54, 1.807) is 0 Å². The van der Waals surface area contributed by atoms with E-state index in [0.717, 1.165) is 12.5 Å². The molecule has 0 amide bonds. The Kier molecular flexibility index (Phi) is 5.25. The Bertz CT molecular complexity index is 250. The smallest absolute Gasteiger partial charge is 0.0270 e. The van der Waals surface area contributed by atoms with Gasteiger partial charge >= 0.3 is 0 Å². The Morgan fingerprint density at radius 3 is 2.39 bits per heavy atom. The second-order valence-electron chi connectivity index (χ2n) is 8.15. The zero-order chi connectivity index (χ0) is 14.0. The number of rotatable bonds is 4. The number of nitrogens with zero attached hydrogens (tertiary/aromatic N) is 1. The highest BCUT2D eigenvalue weighted by Gasteiger charge is 2.37. The minimum Gasteiger partial charge on any atom is -0.309 e. The first kappa shape index (κ1) is 16.0. The SMILES string of the molecule is CC(C)CCCN1CC(C)(C)NCC1C(C)(C)C. The Labute approximate surface area is 115 Å². The van der Waals surface area contributed by atoms with Crippen molar-refractivity contribution in [3.63, 3.8) is 0 Å². The predicted molar refractivity (Wildman–Crippen MR) is 81.0 cm³/mol. The van der Waals surface area contributed by atoms with E-state index in [9.17, 15) is 0 Å². The zero-order valence-electron chi connectivity index (χ0n) is 13.6. The summed E-state index contributed by atoms with van der Waals surface area (Å²) in [7, 11) is 0. The lowest BCUT2D eigenvalue weighted by Crippen LogP contribution is -2.64. The van der Waals surface area contributed by atoms with E-state index in [-0.39, 0.29) is 5.54 Å². The van der Waals surface area contributed by atoms with Crippen molar-refractivity contribution >= 4 is 0 Å². The predicted octanol–water partition coefficient (Wildman–Crippen LogP) is 3.52. The summed E-state index contributed by atoms with van der Waals surface area (Å²) < 4.78 is 0. The number of hydrogen-bond acceptors (Lipinski definition) is 2. The van der Waals surface area contributed by atoms with Crippen LogP contribution in [0.15, 0.2) is 0 Å². The van der Waals surface area contributed by atoms with Crippen molar-refractivity contribution in [2.24, 2.45) is 11.3 Å². The molecule has 1 fully saturated rings. The van der Waals surface area contributed by atoms with Crippen LogP contribution in [0.5, 0.6) is 0 Å². The van der Waals surface area contributed by atoms with Crippen LogP contribution < -0.4 is 5.32 Å². The summed E-state index contributed by atoms with van der Waals surface area (Å²) in [6, 6.07) is 0.665. The van der Waals surface area contributed by atoms with Crippen LogP contribution in [0.4, 0.5) is 0 Å². The molecule has 2 heteroatoms. The molecule has 1 atom stereocenters. The molecule has 1 N–H and O–H groups in total. The molecular weight excluding hydrogens is 220 g/mol. The number of hydrogen-bond donors (Lipinski definition) is 1. The fourth-order valence-electron chi connectivity index (χ4n) is 2.97. The molecule has 0 aromatic carbocycles. The van der Waals surface area contributed by atoms with Gasteiger partial charge in [-0.1, -0.05) is 34.6 Å². The number of piperazine rings is 1. The van der Waals surface area contributed by atoms with Crippen molar-refractivity contribution in [1.82, 2.24) is 10.2 Å². The molecule has 0 aromatic heterocycles. The van der Waals surface area contributed by atoms with Crippen LogP contribution in [0.1, 0.15) is 61.3 Å². The van der Waals surface area contributed by atoms with Crippen LogP contribution in [0.2, 0.25) is 0 Å². The van der Waals surface area contributed by atoms with Gasteiger partial charge in [-0.05, 0) is 44.6 Å². The average molecular weight is 254 g/mol. The molecule has 18 heavy (non-hydrogen) atoms. The lowest BCUT2D eigenvalue weighted by atomic mass is 9.82. The van der Waals surface area contributed by atoms with Crippen molar-refractivity contribution in [1.29, 1.82) is 0 Å². The van der Waals surface area contributed by atoms with Gasteiger partial charge in [-0.2, -0.15) is 0 Å². The van der Waals surface area contributed by atoms with Crippen molar-refractivity contribution in [2.75, 3.05) is 19.6 Å². The molecule has 0 spiro atoms. The summed E-state index contributed by atoms with van der Waals surface area (Å²) in [6.45, 7) is 19.9. The van der Waals surface area contributed by atoms with Gasteiger partial charge in [0.05, 0.1) is 0 Å². The van der Waals surface area contributed by atoms with E-state index in [1.165, 1.54) is 25.9 Å². The van der Waals surface area contributed by atoms with Crippen molar-refractivity contribution < 1.29 is 0 Å². The molecule has 2 nitrogen and oxygen atoms in total. The van der Waals surface area contributed by atoms with Crippen molar-refractivity contribution in [3.05, 3.63) is 0 Å². The standard InChI is InChI=1S/C16H34N2/c1-13(2)9-8-10-18-12-16(6,7)17-11-14(18)15(3,4)5/h13-14,17H,8-12H2,1-7H3. The normalized spacial score (nSPS) is 25.7. The fourth-order valence-corrected chi connectivity index (χ4v) is 2.97. The highest BCUT2D eigenvalue weighted by Crippen LogP contribution is 2.29. The molecule has 1 aliphatic rings. The van der Waals surface area contributed by atoms with Gasteiger partial charge < -0.3 is 5.32 Å². The summed E-state index contributed by atoms with van der Waals surface area (Å²) in [5.41, 5.74) is 0.626. The Hall–Kier alpha value is -0.0800. The minimum atomic E-state index is 0.263. The largest absolute Gasteiger partial charge is 0.309 e. The minimum absolute atomic E-state index is 0.263. The summed E-state index contributed by atoms with van der Waals surface area (Å²) >= 11 is 0. The zero-order valence-corrected chi connectivity index (χ0v) is 13.6. The third kappa shape index (κ3) is 4.89. The van der Waals surface area contributed by atoms with E-state index in [4.69, 9.17) is 0 Å². The molecule has 0 bridgehead atoms.